The SMILES string of the molecule is Cc1ccc(C2=C(N3CCCc4ccccc43)C(=O)N(CCc3ccccc3)C2=O)cc1. The van der Waals surface area contributed by atoms with Crippen LogP contribution in [0.15, 0.2) is 84.6 Å². The van der Waals surface area contributed by atoms with Crippen LogP contribution in [0.25, 0.3) is 5.57 Å². The van der Waals surface area contributed by atoms with Gasteiger partial charge in [0.15, 0.2) is 0 Å². The van der Waals surface area contributed by atoms with E-state index in [-0.39, 0.29) is 11.8 Å². The second kappa shape index (κ2) is 8.46. The number of amides is 2. The molecule has 3 aromatic rings. The van der Waals surface area contributed by atoms with Crippen LogP contribution >= 0.6 is 0 Å². The lowest BCUT2D eigenvalue weighted by atomic mass is 9.98. The molecule has 0 spiro atoms. The van der Waals surface area contributed by atoms with Crippen molar-refractivity contribution in [3.8, 4) is 0 Å². The Morgan fingerprint density at radius 1 is 0.812 bits per heavy atom. The molecule has 5 rings (SSSR count). The van der Waals surface area contributed by atoms with E-state index in [2.05, 4.69) is 17.0 Å². The summed E-state index contributed by atoms with van der Waals surface area (Å²) in [6, 6.07) is 26.1. The minimum atomic E-state index is -0.201. The largest absolute Gasteiger partial charge is 0.336 e. The molecule has 2 heterocycles. The summed E-state index contributed by atoms with van der Waals surface area (Å²) in [5, 5.41) is 0. The van der Waals surface area contributed by atoms with Crippen molar-refractivity contribution >= 4 is 23.1 Å². The first kappa shape index (κ1) is 20.3. The van der Waals surface area contributed by atoms with Crippen molar-refractivity contribution in [2.75, 3.05) is 18.0 Å². The van der Waals surface area contributed by atoms with Crippen molar-refractivity contribution in [1.82, 2.24) is 4.90 Å². The van der Waals surface area contributed by atoms with E-state index in [9.17, 15) is 9.59 Å². The number of carbonyl (C=O) groups is 2. The van der Waals surface area contributed by atoms with Crippen LogP contribution in [0.5, 0.6) is 0 Å². The number of carbonyl (C=O) groups excluding carboxylic acids is 2. The molecular weight excluding hydrogens is 396 g/mol. The molecule has 2 aliphatic heterocycles. The fourth-order valence-electron chi connectivity index (χ4n) is 4.65. The minimum absolute atomic E-state index is 0.196. The number of nitrogens with zero attached hydrogens (tertiary/aromatic N) is 2. The molecule has 32 heavy (non-hydrogen) atoms. The third-order valence-corrected chi connectivity index (χ3v) is 6.33. The Morgan fingerprint density at radius 3 is 2.31 bits per heavy atom. The van der Waals surface area contributed by atoms with Gasteiger partial charge in [0, 0.05) is 18.8 Å². The number of fused-ring (bicyclic) bond motifs is 1. The summed E-state index contributed by atoms with van der Waals surface area (Å²) in [7, 11) is 0. The molecule has 0 aromatic heterocycles. The smallest absolute Gasteiger partial charge is 0.278 e. The van der Waals surface area contributed by atoms with E-state index in [1.54, 1.807) is 0 Å². The molecule has 0 atom stereocenters. The first-order valence-corrected chi connectivity index (χ1v) is 11.2. The Kier molecular flexibility index (Phi) is 5.36. The summed E-state index contributed by atoms with van der Waals surface area (Å²) in [5.74, 6) is -0.397. The van der Waals surface area contributed by atoms with Gasteiger partial charge in [0.2, 0.25) is 0 Å². The van der Waals surface area contributed by atoms with Crippen LogP contribution in [-0.4, -0.2) is 29.8 Å². The molecule has 0 saturated carbocycles. The van der Waals surface area contributed by atoms with E-state index < -0.39 is 0 Å². The Balaban J connectivity index is 1.56. The van der Waals surface area contributed by atoms with E-state index in [0.29, 0.717) is 24.2 Å². The average Bonchev–Trinajstić information content (AvgIpc) is 3.08. The predicted molar refractivity (Wildman–Crippen MR) is 127 cm³/mol. The van der Waals surface area contributed by atoms with E-state index in [1.165, 1.54) is 10.5 Å². The Labute approximate surface area is 188 Å². The van der Waals surface area contributed by atoms with Crippen LogP contribution in [-0.2, 0) is 22.4 Å². The van der Waals surface area contributed by atoms with Gasteiger partial charge in [-0.05, 0) is 48.9 Å². The summed E-state index contributed by atoms with van der Waals surface area (Å²) in [4.78, 5) is 30.8. The fourth-order valence-corrected chi connectivity index (χ4v) is 4.65. The van der Waals surface area contributed by atoms with Gasteiger partial charge in [0.25, 0.3) is 11.8 Å². The van der Waals surface area contributed by atoms with Crippen molar-refractivity contribution < 1.29 is 9.59 Å². The van der Waals surface area contributed by atoms with Crippen LogP contribution in [0.4, 0.5) is 5.69 Å². The summed E-state index contributed by atoms with van der Waals surface area (Å²) < 4.78 is 0. The number of para-hydroxylation sites is 1. The molecule has 0 unspecified atom stereocenters. The van der Waals surface area contributed by atoms with Gasteiger partial charge in [0.05, 0.1) is 5.57 Å². The maximum atomic E-state index is 13.7. The zero-order valence-electron chi connectivity index (χ0n) is 18.3. The van der Waals surface area contributed by atoms with Gasteiger partial charge < -0.3 is 4.90 Å². The average molecular weight is 423 g/mol. The van der Waals surface area contributed by atoms with Gasteiger partial charge in [-0.1, -0.05) is 78.4 Å². The number of rotatable bonds is 5. The Bertz CT molecular complexity index is 1200. The molecular formula is C28H26N2O2. The highest BCUT2D eigenvalue weighted by Gasteiger charge is 2.42. The molecule has 0 N–H and O–H groups in total. The second-order valence-corrected chi connectivity index (χ2v) is 8.47. The van der Waals surface area contributed by atoms with Crippen molar-refractivity contribution in [1.29, 1.82) is 0 Å². The molecule has 160 valence electrons. The summed E-state index contributed by atoms with van der Waals surface area (Å²) in [6.45, 7) is 3.12. The van der Waals surface area contributed by atoms with Crippen LogP contribution in [0.1, 0.15) is 28.7 Å². The number of aryl methyl sites for hydroxylation is 2. The van der Waals surface area contributed by atoms with E-state index in [0.717, 1.165) is 41.8 Å². The van der Waals surface area contributed by atoms with Gasteiger partial charge >= 0.3 is 0 Å². The molecule has 0 radical (unpaired) electrons. The van der Waals surface area contributed by atoms with Gasteiger partial charge in [0.1, 0.15) is 5.70 Å². The van der Waals surface area contributed by atoms with Crippen molar-refractivity contribution in [2.45, 2.75) is 26.2 Å². The molecule has 3 aromatic carbocycles. The molecule has 2 aliphatic rings. The quantitative estimate of drug-likeness (QED) is 0.556. The lowest BCUT2D eigenvalue weighted by molar-refractivity contribution is -0.136. The van der Waals surface area contributed by atoms with Gasteiger partial charge in [-0.15, -0.1) is 0 Å². The maximum Gasteiger partial charge on any atom is 0.278 e. The van der Waals surface area contributed by atoms with Gasteiger partial charge in [-0.25, -0.2) is 0 Å². The highest BCUT2D eigenvalue weighted by atomic mass is 16.2. The van der Waals surface area contributed by atoms with Crippen LogP contribution in [0.3, 0.4) is 0 Å². The highest BCUT2D eigenvalue weighted by Crippen LogP contribution is 2.37. The molecule has 4 heteroatoms. The van der Waals surface area contributed by atoms with Gasteiger partial charge in [-0.2, -0.15) is 0 Å². The van der Waals surface area contributed by atoms with Crippen molar-refractivity contribution in [2.24, 2.45) is 0 Å². The van der Waals surface area contributed by atoms with E-state index in [4.69, 9.17) is 0 Å². The summed E-state index contributed by atoms with van der Waals surface area (Å²) in [6.07, 6.45) is 2.58. The number of benzene rings is 3. The summed E-state index contributed by atoms with van der Waals surface area (Å²) in [5.41, 5.74) is 6.31. The third-order valence-electron chi connectivity index (χ3n) is 6.33. The normalized spacial score (nSPS) is 16.0. The van der Waals surface area contributed by atoms with E-state index >= 15 is 0 Å². The molecule has 0 fully saturated rings. The minimum Gasteiger partial charge on any atom is -0.336 e. The van der Waals surface area contributed by atoms with Crippen molar-refractivity contribution in [3.63, 3.8) is 0 Å². The van der Waals surface area contributed by atoms with Crippen molar-refractivity contribution in [3.05, 3.63) is 107 Å². The number of hydrogen-bond donors (Lipinski definition) is 0. The predicted octanol–water partition coefficient (Wildman–Crippen LogP) is 4.77. The topological polar surface area (TPSA) is 40.6 Å². The van der Waals surface area contributed by atoms with Crippen LogP contribution < -0.4 is 4.90 Å². The second-order valence-electron chi connectivity index (χ2n) is 8.47. The maximum absolute atomic E-state index is 13.7. The number of imide groups is 1. The molecule has 0 saturated heterocycles. The molecule has 0 bridgehead atoms. The van der Waals surface area contributed by atoms with Crippen LogP contribution in [0.2, 0.25) is 0 Å². The zero-order chi connectivity index (χ0) is 22.1. The molecule has 0 aliphatic carbocycles. The molecule has 2 amide bonds. The Hall–Kier alpha value is -3.66. The fraction of sp³-hybridized carbons (Fsp3) is 0.214. The van der Waals surface area contributed by atoms with E-state index in [1.807, 2.05) is 73.7 Å². The lowest BCUT2D eigenvalue weighted by Gasteiger charge is -2.32. The standard InChI is InChI=1S/C28H26N2O2/c1-20-13-15-23(16-14-20)25-26(29-18-7-11-22-10-5-6-12-24(22)29)28(32)30(27(25)31)19-17-21-8-3-2-4-9-21/h2-6,8-10,12-16H,7,11,17-19H2,1H3. The zero-order valence-corrected chi connectivity index (χ0v) is 18.3. The third kappa shape index (κ3) is 3.62. The first-order chi connectivity index (χ1) is 15.6. The first-order valence-electron chi connectivity index (χ1n) is 11.2. The monoisotopic (exact) mass is 422 g/mol. The number of hydrogen-bond acceptors (Lipinski definition) is 3. The highest BCUT2D eigenvalue weighted by molar-refractivity contribution is 6.36. The van der Waals surface area contributed by atoms with Gasteiger partial charge in [-0.3, -0.25) is 14.5 Å². The molecule has 4 nitrogen and oxygen atoms in total. The van der Waals surface area contributed by atoms with Crippen LogP contribution in [0, 0.1) is 6.92 Å². The summed E-state index contributed by atoms with van der Waals surface area (Å²) >= 11 is 0. The lowest BCUT2D eigenvalue weighted by Crippen LogP contribution is -2.38. The Morgan fingerprint density at radius 2 is 1.53 bits per heavy atom. The number of anilines is 1.